The van der Waals surface area contributed by atoms with Gasteiger partial charge in [-0.25, -0.2) is 0 Å². The van der Waals surface area contributed by atoms with E-state index in [1.54, 1.807) is 0 Å². The topological polar surface area (TPSA) is 3.24 Å². The summed E-state index contributed by atoms with van der Waals surface area (Å²) in [5, 5.41) is 0. The molecule has 8 heteroatoms. The molecule has 0 heterocycles. The summed E-state index contributed by atoms with van der Waals surface area (Å²) >= 11 is 13.9. The smallest absolute Gasteiger partial charge is 1.00 e. The van der Waals surface area contributed by atoms with E-state index in [1.807, 2.05) is 0 Å². The van der Waals surface area contributed by atoms with Gasteiger partial charge in [0, 0.05) is 35.3 Å². The Hall–Kier alpha value is 2.23. The van der Waals surface area contributed by atoms with E-state index >= 15 is 0 Å². The fourth-order valence-corrected chi connectivity index (χ4v) is 0. The van der Waals surface area contributed by atoms with Crippen molar-refractivity contribution >= 4 is 52.7 Å². The van der Waals surface area contributed by atoms with Gasteiger partial charge >= 0.3 is 17.4 Å². The molecule has 0 aliphatic rings. The first-order valence-corrected chi connectivity index (χ1v) is 1.52. The zero-order valence-electron chi connectivity index (χ0n) is 3.29. The molecule has 0 bridgehead atoms. The van der Waals surface area contributed by atoms with Crippen molar-refractivity contribution in [3.8, 4) is 0 Å². The van der Waals surface area contributed by atoms with Crippen LogP contribution in [0.15, 0.2) is 0 Å². The molecular weight excluding hydrogens is 254 g/mol. The Bertz CT molecular complexity index is 13.2. The summed E-state index contributed by atoms with van der Waals surface area (Å²) in [6.45, 7) is 0. The molecule has 0 saturated heterocycles. The largest absolute Gasteiger partial charge is 3.00 e. The van der Waals surface area contributed by atoms with Crippen LogP contribution in [0.1, 0.15) is 0 Å². The van der Waals surface area contributed by atoms with E-state index in [1.165, 1.54) is 0 Å². The maximum Gasteiger partial charge on any atom is 3.00 e. The number of hydrogen-bond acceptors (Lipinski definition) is 1. The van der Waals surface area contributed by atoms with Gasteiger partial charge in [0.05, 0.1) is 0 Å². The molecule has 8 heavy (non-hydrogen) atoms. The predicted molar refractivity (Wildman–Crippen MR) is 25.2 cm³/mol. The Morgan fingerprint density at radius 2 is 0.750 bits per heavy atom. The number of halogens is 6. The van der Waals surface area contributed by atoms with Crippen LogP contribution in [0.2, 0.25) is 0 Å². The van der Waals surface area contributed by atoms with Gasteiger partial charge < -0.3 is 37.2 Å². The van der Waals surface area contributed by atoms with E-state index in [4.69, 9.17) is 0 Å². The molecule has 0 radical (unpaired) electrons. The monoisotopic (exact) mass is 251 g/mol. The van der Waals surface area contributed by atoms with Crippen molar-refractivity contribution in [1.82, 2.24) is 3.46 Å². The minimum atomic E-state index is 0. The van der Waals surface area contributed by atoms with Crippen LogP contribution < -0.4 is 37.2 Å². The molecule has 50 valence electrons. The summed E-state index contributed by atoms with van der Waals surface area (Å²) in [6, 6.07) is 0. The molecule has 0 aliphatic carbocycles. The molecule has 1 nitrogen and oxygen atoms in total. The molecule has 0 aromatic rings. The Labute approximate surface area is 92.7 Å². The zero-order valence-corrected chi connectivity index (χ0v) is 8.98. The van der Waals surface area contributed by atoms with Gasteiger partial charge in [0.15, 0.2) is 0 Å². The third kappa shape index (κ3) is 86.4. The van der Waals surface area contributed by atoms with Gasteiger partial charge in [-0.2, -0.15) is 0 Å². The van der Waals surface area contributed by atoms with E-state index in [2.05, 4.69) is 35.3 Å². The van der Waals surface area contributed by atoms with Gasteiger partial charge in [0.25, 0.3) is 0 Å². The summed E-state index contributed by atoms with van der Waals surface area (Å²) in [5.74, 6) is 0. The van der Waals surface area contributed by atoms with Crippen LogP contribution in [0.3, 0.4) is 0 Å². The standard InChI is InChI=1S/Al.Cl3N.3ClH/c;1-4(2)3;;;/h;;3*1H/q+3;;;;/p-3. The van der Waals surface area contributed by atoms with Crippen molar-refractivity contribution in [2.45, 2.75) is 0 Å². The van der Waals surface area contributed by atoms with Crippen molar-refractivity contribution in [2.24, 2.45) is 0 Å². The van der Waals surface area contributed by atoms with Crippen LogP contribution in [0.4, 0.5) is 0 Å². The minimum Gasteiger partial charge on any atom is -1.00 e. The fraction of sp³-hybridized carbons (Fsp3) is 0. The normalized spacial score (nSPS) is 4.50. The first kappa shape index (κ1) is 31.9. The molecule has 0 N–H and O–H groups in total. The van der Waals surface area contributed by atoms with E-state index in [9.17, 15) is 0 Å². The summed E-state index contributed by atoms with van der Waals surface area (Å²) in [7, 11) is 0. The second kappa shape index (κ2) is 22.9. The number of nitrogens with zero attached hydrogens (tertiary/aromatic N) is 1. The van der Waals surface area contributed by atoms with Crippen molar-refractivity contribution in [2.75, 3.05) is 0 Å². The average molecular weight is 254 g/mol. The van der Waals surface area contributed by atoms with Crippen LogP contribution in [0.5, 0.6) is 0 Å². The molecule has 0 atom stereocenters. The Morgan fingerprint density at radius 1 is 0.750 bits per heavy atom. The van der Waals surface area contributed by atoms with Crippen LogP contribution in [0, 0.1) is 0 Å². The first-order valence-electron chi connectivity index (χ1n) is 0.507. The molecule has 0 amide bonds. The molecule has 0 aliphatic heterocycles. The molecule has 0 unspecified atom stereocenters. The zero-order chi connectivity index (χ0) is 3.58. The summed E-state index contributed by atoms with van der Waals surface area (Å²) in [4.78, 5) is 0. The third-order valence-corrected chi connectivity index (χ3v) is 0. The molecule has 0 aromatic carbocycles. The maximum atomic E-state index is 4.64. The summed E-state index contributed by atoms with van der Waals surface area (Å²) < 4.78 is 0.417. The van der Waals surface area contributed by atoms with Gasteiger partial charge in [0.1, 0.15) is 0 Å². The van der Waals surface area contributed by atoms with E-state index in [-0.39, 0.29) is 54.6 Å². The van der Waals surface area contributed by atoms with Crippen molar-refractivity contribution in [3.63, 3.8) is 0 Å². The SMILES string of the molecule is ClN(Cl)Cl.[Al+3].[Cl-].[Cl-].[Cl-]. The van der Waals surface area contributed by atoms with Gasteiger partial charge in [-0.1, -0.05) is 0 Å². The summed E-state index contributed by atoms with van der Waals surface area (Å²) in [5.41, 5.74) is 0. The van der Waals surface area contributed by atoms with Crippen LogP contribution in [-0.2, 0) is 0 Å². The quantitative estimate of drug-likeness (QED) is 0.306. The van der Waals surface area contributed by atoms with Crippen LogP contribution in [-0.4, -0.2) is 20.8 Å². The average Bonchev–Trinajstić information content (AvgIpc) is 0.811. The van der Waals surface area contributed by atoms with E-state index in [0.717, 1.165) is 0 Å². The molecule has 0 fully saturated rings. The van der Waals surface area contributed by atoms with Crippen molar-refractivity contribution < 1.29 is 37.2 Å². The Balaban J connectivity index is -0.00000000750. The third-order valence-electron chi connectivity index (χ3n) is 0. The molecule has 0 aromatic heterocycles. The molecule has 0 spiro atoms. The number of rotatable bonds is 0. The predicted octanol–water partition coefficient (Wildman–Crippen LogP) is -7.62. The first-order chi connectivity index (χ1) is 1.73. The van der Waals surface area contributed by atoms with E-state index in [0.29, 0.717) is 3.46 Å². The van der Waals surface area contributed by atoms with Crippen LogP contribution in [0.25, 0.3) is 0 Å². The van der Waals surface area contributed by atoms with Gasteiger partial charge in [-0.3, -0.25) is 0 Å². The van der Waals surface area contributed by atoms with Gasteiger partial charge in [-0.05, 0) is 3.46 Å². The van der Waals surface area contributed by atoms with Crippen molar-refractivity contribution in [3.05, 3.63) is 0 Å². The maximum absolute atomic E-state index is 4.64. The molecular formula is AlCl6N. The number of hydrogen-bond donors (Lipinski definition) is 0. The fourth-order valence-electron chi connectivity index (χ4n) is 0. The van der Waals surface area contributed by atoms with Crippen molar-refractivity contribution in [1.29, 1.82) is 0 Å². The second-order valence-corrected chi connectivity index (χ2v) is 1.72. The van der Waals surface area contributed by atoms with E-state index < -0.39 is 0 Å². The van der Waals surface area contributed by atoms with Gasteiger partial charge in [0.2, 0.25) is 0 Å². The summed E-state index contributed by atoms with van der Waals surface area (Å²) in [6.07, 6.45) is 0. The molecule has 0 rings (SSSR count). The second-order valence-electron chi connectivity index (χ2n) is 0.192. The Morgan fingerprint density at radius 3 is 0.750 bits per heavy atom. The minimum absolute atomic E-state index is 0. The molecule has 0 saturated carbocycles. The van der Waals surface area contributed by atoms with Crippen LogP contribution >= 0.6 is 35.3 Å². The van der Waals surface area contributed by atoms with Gasteiger partial charge in [-0.15, -0.1) is 0 Å². The Kier molecular flexibility index (Phi) is 91.0.